The minimum absolute atomic E-state index is 0.491. The van der Waals surface area contributed by atoms with Crippen LogP contribution in [0.5, 0.6) is 0 Å². The maximum Gasteiger partial charge on any atom is 0.00579 e. The van der Waals surface area contributed by atoms with Crippen LogP contribution < -0.4 is 5.32 Å². The topological polar surface area (TPSA) is 15.3 Å². The number of hydrogen-bond donors (Lipinski definition) is 1. The molecule has 0 bridgehead atoms. The van der Waals surface area contributed by atoms with Crippen LogP contribution in [0.25, 0.3) is 0 Å². The predicted octanol–water partition coefficient (Wildman–Crippen LogP) is 3.00. The van der Waals surface area contributed by atoms with Crippen molar-refractivity contribution in [3.8, 4) is 0 Å². The van der Waals surface area contributed by atoms with Gasteiger partial charge in [0.25, 0.3) is 0 Å². The highest BCUT2D eigenvalue weighted by Gasteiger charge is 2.30. The lowest BCUT2D eigenvalue weighted by Gasteiger charge is -2.31. The molecule has 0 spiro atoms. The Kier molecular flexibility index (Phi) is 5.22. The minimum Gasteiger partial charge on any atom is -0.316 e. The molecule has 2 rings (SSSR count). The fourth-order valence-corrected chi connectivity index (χ4v) is 3.55. The number of rotatable bonds is 7. The summed E-state index contributed by atoms with van der Waals surface area (Å²) in [5.41, 5.74) is 0.491. The van der Waals surface area contributed by atoms with Crippen LogP contribution in [0.15, 0.2) is 17.5 Å². The average molecular weight is 266 g/mol. The summed E-state index contributed by atoms with van der Waals surface area (Å²) in [5, 5.41) is 5.69. The summed E-state index contributed by atoms with van der Waals surface area (Å²) in [4.78, 5) is 4.18. The van der Waals surface area contributed by atoms with Crippen LogP contribution in [0.3, 0.4) is 0 Å². The van der Waals surface area contributed by atoms with Gasteiger partial charge in [-0.25, -0.2) is 0 Å². The highest BCUT2D eigenvalue weighted by molar-refractivity contribution is 7.09. The van der Waals surface area contributed by atoms with Gasteiger partial charge < -0.3 is 10.2 Å². The van der Waals surface area contributed by atoms with Crippen molar-refractivity contribution in [1.29, 1.82) is 0 Å². The predicted molar refractivity (Wildman–Crippen MR) is 80.3 cm³/mol. The van der Waals surface area contributed by atoms with E-state index in [2.05, 4.69) is 41.6 Å². The van der Waals surface area contributed by atoms with Gasteiger partial charge in [-0.15, -0.1) is 11.3 Å². The van der Waals surface area contributed by atoms with E-state index in [1.807, 2.05) is 11.3 Å². The summed E-state index contributed by atoms with van der Waals surface area (Å²) in [7, 11) is 0. The first-order valence-electron chi connectivity index (χ1n) is 7.17. The molecule has 18 heavy (non-hydrogen) atoms. The van der Waals surface area contributed by atoms with E-state index in [-0.39, 0.29) is 0 Å². The third-order valence-corrected chi connectivity index (χ3v) is 4.79. The number of hydrogen-bond acceptors (Lipinski definition) is 3. The Bertz CT molecular complexity index is 328. The minimum atomic E-state index is 0.491. The molecule has 1 saturated heterocycles. The normalized spacial score (nSPS) is 23.9. The van der Waals surface area contributed by atoms with Crippen molar-refractivity contribution >= 4 is 11.3 Å². The van der Waals surface area contributed by atoms with Crippen LogP contribution in [0.1, 0.15) is 31.6 Å². The highest BCUT2D eigenvalue weighted by Crippen LogP contribution is 2.26. The quantitative estimate of drug-likeness (QED) is 0.816. The van der Waals surface area contributed by atoms with Crippen molar-refractivity contribution < 1.29 is 0 Å². The Morgan fingerprint density at radius 3 is 2.94 bits per heavy atom. The molecule has 2 heterocycles. The number of nitrogens with zero attached hydrogens (tertiary/aromatic N) is 1. The van der Waals surface area contributed by atoms with Crippen molar-refractivity contribution in [3.05, 3.63) is 22.4 Å². The molecular weight excluding hydrogens is 240 g/mol. The van der Waals surface area contributed by atoms with Crippen LogP contribution in [-0.2, 0) is 6.42 Å². The fourth-order valence-electron chi connectivity index (χ4n) is 2.85. The van der Waals surface area contributed by atoms with E-state index in [1.54, 1.807) is 0 Å². The molecule has 1 atom stereocenters. The third kappa shape index (κ3) is 4.08. The average Bonchev–Trinajstić information content (AvgIpc) is 2.98. The van der Waals surface area contributed by atoms with Crippen LogP contribution in [0.2, 0.25) is 0 Å². The first-order chi connectivity index (χ1) is 8.72. The fraction of sp³-hybridized carbons (Fsp3) is 0.733. The molecule has 1 aromatic heterocycles. The number of thiophene rings is 1. The first kappa shape index (κ1) is 14.0. The molecule has 2 nitrogen and oxygen atoms in total. The van der Waals surface area contributed by atoms with E-state index in [4.69, 9.17) is 0 Å². The molecular formula is C15H26N2S. The Hall–Kier alpha value is -0.380. The third-order valence-electron chi connectivity index (χ3n) is 3.86. The first-order valence-corrected chi connectivity index (χ1v) is 8.05. The second-order valence-corrected chi connectivity index (χ2v) is 6.88. The smallest absolute Gasteiger partial charge is 0.00579 e. The van der Waals surface area contributed by atoms with E-state index < -0.39 is 0 Å². The van der Waals surface area contributed by atoms with E-state index >= 15 is 0 Å². The van der Waals surface area contributed by atoms with Crippen LogP contribution in [0.4, 0.5) is 0 Å². The summed E-state index contributed by atoms with van der Waals surface area (Å²) in [6.07, 6.45) is 3.79. The Labute approximate surface area is 115 Å². The SMILES string of the molecule is CCCN(CCc1cccs1)CC1(C)CCNC1. The Balaban J connectivity index is 1.83. The number of nitrogens with one attached hydrogen (secondary N) is 1. The van der Waals surface area contributed by atoms with Gasteiger partial charge in [0.15, 0.2) is 0 Å². The molecule has 1 aliphatic rings. The van der Waals surface area contributed by atoms with Crippen LogP contribution in [0, 0.1) is 5.41 Å². The van der Waals surface area contributed by atoms with Gasteiger partial charge >= 0.3 is 0 Å². The van der Waals surface area contributed by atoms with Gasteiger partial charge in [-0.05, 0) is 49.2 Å². The van der Waals surface area contributed by atoms with E-state index in [0.29, 0.717) is 5.41 Å². The van der Waals surface area contributed by atoms with Gasteiger partial charge in [-0.1, -0.05) is 19.9 Å². The maximum atomic E-state index is 3.51. The highest BCUT2D eigenvalue weighted by atomic mass is 32.1. The zero-order chi connectivity index (χ0) is 12.8. The van der Waals surface area contributed by atoms with Crippen molar-refractivity contribution in [2.24, 2.45) is 5.41 Å². The van der Waals surface area contributed by atoms with Crippen molar-refractivity contribution in [3.63, 3.8) is 0 Å². The largest absolute Gasteiger partial charge is 0.316 e. The molecule has 0 amide bonds. The molecule has 0 radical (unpaired) electrons. The summed E-state index contributed by atoms with van der Waals surface area (Å²) < 4.78 is 0. The molecule has 0 aliphatic carbocycles. The standard InChI is InChI=1S/C15H26N2S/c1-3-9-17(10-6-14-5-4-11-18-14)13-15(2)7-8-16-12-15/h4-5,11,16H,3,6-10,12-13H2,1-2H3. The molecule has 0 saturated carbocycles. The zero-order valence-electron chi connectivity index (χ0n) is 11.7. The van der Waals surface area contributed by atoms with Gasteiger partial charge in [0.1, 0.15) is 0 Å². The van der Waals surface area contributed by atoms with Gasteiger partial charge in [0.05, 0.1) is 0 Å². The molecule has 1 unspecified atom stereocenters. The Morgan fingerprint density at radius 2 is 2.33 bits per heavy atom. The summed E-state index contributed by atoms with van der Waals surface area (Å²) in [6.45, 7) is 10.8. The molecule has 1 N–H and O–H groups in total. The Morgan fingerprint density at radius 1 is 1.44 bits per heavy atom. The van der Waals surface area contributed by atoms with Crippen LogP contribution >= 0.6 is 11.3 Å². The second-order valence-electron chi connectivity index (χ2n) is 5.84. The zero-order valence-corrected chi connectivity index (χ0v) is 12.6. The molecule has 102 valence electrons. The lowest BCUT2D eigenvalue weighted by atomic mass is 9.89. The van der Waals surface area contributed by atoms with Gasteiger partial charge in [-0.2, -0.15) is 0 Å². The van der Waals surface area contributed by atoms with E-state index in [9.17, 15) is 0 Å². The van der Waals surface area contributed by atoms with Crippen molar-refractivity contribution in [1.82, 2.24) is 10.2 Å². The maximum absolute atomic E-state index is 3.51. The van der Waals surface area contributed by atoms with Crippen molar-refractivity contribution in [2.45, 2.75) is 33.1 Å². The van der Waals surface area contributed by atoms with Gasteiger partial charge in [-0.3, -0.25) is 0 Å². The molecule has 1 aromatic rings. The second kappa shape index (κ2) is 6.69. The molecule has 1 aliphatic heterocycles. The van der Waals surface area contributed by atoms with Crippen molar-refractivity contribution in [2.75, 3.05) is 32.7 Å². The summed E-state index contributed by atoms with van der Waals surface area (Å²) in [5.74, 6) is 0. The molecule has 0 aromatic carbocycles. The summed E-state index contributed by atoms with van der Waals surface area (Å²) in [6, 6.07) is 4.42. The van der Waals surface area contributed by atoms with E-state index in [1.165, 1.54) is 56.9 Å². The van der Waals surface area contributed by atoms with E-state index in [0.717, 1.165) is 0 Å². The monoisotopic (exact) mass is 266 g/mol. The molecule has 3 heteroatoms. The molecule has 1 fully saturated rings. The lowest BCUT2D eigenvalue weighted by molar-refractivity contribution is 0.179. The van der Waals surface area contributed by atoms with Crippen LogP contribution in [-0.4, -0.2) is 37.6 Å². The summed E-state index contributed by atoms with van der Waals surface area (Å²) >= 11 is 1.89. The lowest BCUT2D eigenvalue weighted by Crippen LogP contribution is -2.38. The van der Waals surface area contributed by atoms with Gasteiger partial charge in [0, 0.05) is 24.5 Å². The van der Waals surface area contributed by atoms with Gasteiger partial charge in [0.2, 0.25) is 0 Å².